The molecule has 2 heterocycles. The third-order valence-electron chi connectivity index (χ3n) is 3.30. The first-order valence-electron chi connectivity index (χ1n) is 6.48. The molecule has 0 spiro atoms. The third kappa shape index (κ3) is 2.58. The number of thiazole rings is 1. The fourth-order valence-electron chi connectivity index (χ4n) is 2.15. The summed E-state index contributed by atoms with van der Waals surface area (Å²) in [6.45, 7) is 2.63. The number of nitrogens with one attached hydrogen (secondary N) is 2. The molecule has 0 radical (unpaired) electrons. The minimum absolute atomic E-state index is 0.0322. The van der Waals surface area contributed by atoms with Crippen molar-refractivity contribution in [1.29, 1.82) is 0 Å². The summed E-state index contributed by atoms with van der Waals surface area (Å²) in [7, 11) is 0. The monoisotopic (exact) mass is 285 g/mol. The number of hydrogen-bond acceptors (Lipinski definition) is 3. The van der Waals surface area contributed by atoms with Gasteiger partial charge in [-0.25, -0.2) is 4.98 Å². The summed E-state index contributed by atoms with van der Waals surface area (Å²) in [4.78, 5) is 20.6. The molecule has 20 heavy (non-hydrogen) atoms. The molecule has 0 bridgehead atoms. The molecule has 0 atom stereocenters. The number of nitrogens with zero attached hydrogens (tertiary/aromatic N) is 1. The molecule has 0 saturated carbocycles. The van der Waals surface area contributed by atoms with Crippen molar-refractivity contribution < 1.29 is 4.79 Å². The number of rotatable bonds is 4. The number of aromatic amines is 1. The number of benzene rings is 1. The lowest BCUT2D eigenvalue weighted by Crippen LogP contribution is -2.25. The zero-order chi connectivity index (χ0) is 13.9. The quantitative estimate of drug-likeness (QED) is 0.774. The zero-order valence-corrected chi connectivity index (χ0v) is 12.0. The van der Waals surface area contributed by atoms with Gasteiger partial charge in [-0.15, -0.1) is 11.3 Å². The normalized spacial score (nSPS) is 10.8. The van der Waals surface area contributed by atoms with Crippen LogP contribution in [-0.2, 0) is 6.42 Å². The Morgan fingerprint density at radius 1 is 1.40 bits per heavy atom. The van der Waals surface area contributed by atoms with Crippen molar-refractivity contribution in [2.75, 3.05) is 6.54 Å². The Morgan fingerprint density at radius 2 is 2.30 bits per heavy atom. The molecule has 1 amide bonds. The highest BCUT2D eigenvalue weighted by Gasteiger charge is 2.07. The first-order chi connectivity index (χ1) is 9.74. The summed E-state index contributed by atoms with van der Waals surface area (Å²) in [5.41, 5.74) is 4.63. The van der Waals surface area contributed by atoms with Gasteiger partial charge in [0, 0.05) is 40.5 Å². The number of hydrogen-bond donors (Lipinski definition) is 2. The molecular weight excluding hydrogens is 270 g/mol. The van der Waals surface area contributed by atoms with Crippen LogP contribution in [0.4, 0.5) is 0 Å². The van der Waals surface area contributed by atoms with Crippen LogP contribution in [0.25, 0.3) is 10.9 Å². The van der Waals surface area contributed by atoms with Gasteiger partial charge >= 0.3 is 0 Å². The van der Waals surface area contributed by atoms with E-state index in [-0.39, 0.29) is 5.91 Å². The molecule has 1 aromatic carbocycles. The lowest BCUT2D eigenvalue weighted by molar-refractivity contribution is 0.0954. The highest BCUT2D eigenvalue weighted by atomic mass is 32.1. The Hall–Kier alpha value is -2.14. The number of aromatic nitrogens is 2. The third-order valence-corrected chi connectivity index (χ3v) is 4.29. The maximum absolute atomic E-state index is 12.1. The van der Waals surface area contributed by atoms with Crippen LogP contribution in [0.15, 0.2) is 36.0 Å². The van der Waals surface area contributed by atoms with Crippen LogP contribution in [-0.4, -0.2) is 22.4 Å². The van der Waals surface area contributed by atoms with Gasteiger partial charge in [0.05, 0.1) is 11.2 Å². The predicted octanol–water partition coefficient (Wildman–Crippen LogP) is 2.91. The van der Waals surface area contributed by atoms with Crippen molar-refractivity contribution in [3.63, 3.8) is 0 Å². The van der Waals surface area contributed by atoms with Gasteiger partial charge in [-0.1, -0.05) is 0 Å². The Morgan fingerprint density at radius 3 is 3.10 bits per heavy atom. The van der Waals surface area contributed by atoms with Crippen LogP contribution in [0.3, 0.4) is 0 Å². The topological polar surface area (TPSA) is 57.8 Å². The number of carbonyl (C=O) groups excluding carboxylic acids is 1. The van der Waals surface area contributed by atoms with Crippen molar-refractivity contribution in [2.24, 2.45) is 0 Å². The van der Waals surface area contributed by atoms with Crippen molar-refractivity contribution in [3.8, 4) is 0 Å². The molecular formula is C15H15N3OS. The van der Waals surface area contributed by atoms with E-state index in [1.807, 2.05) is 42.9 Å². The molecule has 0 aliphatic rings. The molecule has 3 aromatic rings. The lowest BCUT2D eigenvalue weighted by atomic mass is 10.1. The first kappa shape index (κ1) is 12.9. The number of H-pyrrole nitrogens is 1. The fourth-order valence-corrected chi connectivity index (χ4v) is 2.93. The van der Waals surface area contributed by atoms with Crippen LogP contribution in [0, 0.1) is 6.92 Å². The van der Waals surface area contributed by atoms with Crippen LogP contribution >= 0.6 is 11.3 Å². The summed E-state index contributed by atoms with van der Waals surface area (Å²) in [5.74, 6) is -0.0322. The average molecular weight is 285 g/mol. The molecule has 4 nitrogen and oxygen atoms in total. The van der Waals surface area contributed by atoms with Gasteiger partial charge in [0.25, 0.3) is 5.91 Å². The van der Waals surface area contributed by atoms with E-state index in [1.54, 1.807) is 11.3 Å². The van der Waals surface area contributed by atoms with E-state index in [2.05, 4.69) is 15.3 Å². The molecule has 5 heteroatoms. The highest BCUT2D eigenvalue weighted by Crippen LogP contribution is 2.15. The SMILES string of the molecule is Cc1ncsc1CCNC(=O)c1ccc2[nH]ccc2c1. The first-order valence-corrected chi connectivity index (χ1v) is 7.36. The van der Waals surface area contributed by atoms with Gasteiger partial charge in [-0.05, 0) is 31.2 Å². The summed E-state index contributed by atoms with van der Waals surface area (Å²) >= 11 is 1.63. The second kappa shape index (κ2) is 5.46. The standard InChI is InChI=1S/C15H15N3OS/c1-10-14(20-9-18-10)5-7-17-15(19)12-2-3-13-11(8-12)4-6-16-13/h2-4,6,8-9,16H,5,7H2,1H3,(H,17,19). The molecule has 2 N–H and O–H groups in total. The van der Waals surface area contributed by atoms with E-state index >= 15 is 0 Å². The van der Waals surface area contributed by atoms with E-state index in [9.17, 15) is 4.79 Å². The summed E-state index contributed by atoms with van der Waals surface area (Å²) < 4.78 is 0. The van der Waals surface area contributed by atoms with Crippen LogP contribution in [0.1, 0.15) is 20.9 Å². The maximum Gasteiger partial charge on any atom is 0.251 e. The number of aryl methyl sites for hydroxylation is 1. The zero-order valence-electron chi connectivity index (χ0n) is 11.1. The number of fused-ring (bicyclic) bond motifs is 1. The van der Waals surface area contributed by atoms with Gasteiger partial charge in [0.1, 0.15) is 0 Å². The largest absolute Gasteiger partial charge is 0.361 e. The molecule has 0 unspecified atom stereocenters. The van der Waals surface area contributed by atoms with Crippen molar-refractivity contribution >= 4 is 28.1 Å². The summed E-state index contributed by atoms with van der Waals surface area (Å²) in [6.07, 6.45) is 2.70. The molecule has 0 saturated heterocycles. The van der Waals surface area contributed by atoms with Gasteiger partial charge in [0.15, 0.2) is 0 Å². The van der Waals surface area contributed by atoms with Crippen molar-refractivity contribution in [2.45, 2.75) is 13.3 Å². The highest BCUT2D eigenvalue weighted by molar-refractivity contribution is 7.09. The van der Waals surface area contributed by atoms with Crippen LogP contribution in [0.5, 0.6) is 0 Å². The van der Waals surface area contributed by atoms with Gasteiger partial charge in [0.2, 0.25) is 0 Å². The Labute approximate surface area is 120 Å². The second-order valence-electron chi connectivity index (χ2n) is 4.65. The Bertz CT molecular complexity index is 744. The van der Waals surface area contributed by atoms with E-state index in [0.717, 1.165) is 23.0 Å². The number of amides is 1. The lowest BCUT2D eigenvalue weighted by Gasteiger charge is -2.05. The summed E-state index contributed by atoms with van der Waals surface area (Å²) in [6, 6.07) is 7.63. The summed E-state index contributed by atoms with van der Waals surface area (Å²) in [5, 5.41) is 4.00. The smallest absolute Gasteiger partial charge is 0.251 e. The predicted molar refractivity (Wildman–Crippen MR) is 81.2 cm³/mol. The van der Waals surface area contributed by atoms with Gasteiger partial charge in [-0.2, -0.15) is 0 Å². The van der Waals surface area contributed by atoms with Gasteiger partial charge < -0.3 is 10.3 Å². The molecule has 3 rings (SSSR count). The molecule has 102 valence electrons. The van der Waals surface area contributed by atoms with Crippen molar-refractivity contribution in [1.82, 2.24) is 15.3 Å². The number of carbonyl (C=O) groups is 1. The van der Waals surface area contributed by atoms with Crippen LogP contribution < -0.4 is 5.32 Å². The molecule has 0 aliphatic carbocycles. The Kier molecular flexibility index (Phi) is 3.52. The van der Waals surface area contributed by atoms with Crippen LogP contribution in [0.2, 0.25) is 0 Å². The van der Waals surface area contributed by atoms with E-state index in [0.29, 0.717) is 12.1 Å². The molecule has 0 fully saturated rings. The van der Waals surface area contributed by atoms with E-state index < -0.39 is 0 Å². The van der Waals surface area contributed by atoms with Gasteiger partial charge in [-0.3, -0.25) is 4.79 Å². The molecule has 2 aromatic heterocycles. The Balaban J connectivity index is 1.62. The minimum Gasteiger partial charge on any atom is -0.361 e. The van der Waals surface area contributed by atoms with E-state index in [1.165, 1.54) is 4.88 Å². The molecule has 0 aliphatic heterocycles. The van der Waals surface area contributed by atoms with E-state index in [4.69, 9.17) is 0 Å². The fraction of sp³-hybridized carbons (Fsp3) is 0.200. The second-order valence-corrected chi connectivity index (χ2v) is 5.59. The average Bonchev–Trinajstić information content (AvgIpc) is 3.07. The van der Waals surface area contributed by atoms with Crippen molar-refractivity contribution in [3.05, 3.63) is 52.1 Å². The minimum atomic E-state index is -0.0322. The maximum atomic E-state index is 12.1.